The second-order valence-electron chi connectivity index (χ2n) is 9.94. The van der Waals surface area contributed by atoms with E-state index in [9.17, 15) is 4.79 Å². The molecular weight excluding hydrogens is 494 g/mol. The smallest absolute Gasteiger partial charge is 0.410 e. The predicted molar refractivity (Wildman–Crippen MR) is 143 cm³/mol. The third-order valence-electron chi connectivity index (χ3n) is 6.21. The highest BCUT2D eigenvalue weighted by Gasteiger charge is 2.28. The first-order valence-electron chi connectivity index (χ1n) is 12.2. The van der Waals surface area contributed by atoms with Gasteiger partial charge in [0.25, 0.3) is 0 Å². The molecule has 0 spiro atoms. The lowest BCUT2D eigenvalue weighted by molar-refractivity contribution is 0.0258. The summed E-state index contributed by atoms with van der Waals surface area (Å²) in [6.07, 6.45) is 1.01. The molecule has 9 heteroatoms. The molecule has 0 atom stereocenters. The zero-order valence-electron chi connectivity index (χ0n) is 22.3. The Morgan fingerprint density at radius 3 is 2.16 bits per heavy atom. The number of carbonyl (C=O) groups is 1. The van der Waals surface area contributed by atoms with E-state index in [0.29, 0.717) is 54.7 Å². The predicted octanol–water partition coefficient (Wildman–Crippen LogP) is 5.61. The quantitative estimate of drug-likeness (QED) is 0.414. The van der Waals surface area contributed by atoms with Gasteiger partial charge in [-0.3, -0.25) is 4.68 Å². The van der Waals surface area contributed by atoms with Crippen LogP contribution in [0.3, 0.4) is 0 Å². The molecule has 0 radical (unpaired) electrons. The van der Waals surface area contributed by atoms with Crippen molar-refractivity contribution in [3.05, 3.63) is 58.2 Å². The molecule has 0 saturated carbocycles. The Bertz CT molecular complexity index is 1240. The second kappa shape index (κ2) is 10.9. The zero-order valence-corrected chi connectivity index (χ0v) is 23.0. The Morgan fingerprint density at radius 2 is 1.59 bits per heavy atom. The van der Waals surface area contributed by atoms with E-state index < -0.39 is 5.60 Å². The average Bonchev–Trinajstić information content (AvgIpc) is 3.05. The highest BCUT2D eigenvalue weighted by Crippen LogP contribution is 2.39. The fourth-order valence-corrected chi connectivity index (χ4v) is 4.69. The molecule has 0 saturated heterocycles. The molecule has 2 aromatic carbocycles. The van der Waals surface area contributed by atoms with Crippen molar-refractivity contribution in [2.24, 2.45) is 0 Å². The van der Waals surface area contributed by atoms with Gasteiger partial charge in [-0.25, -0.2) is 4.79 Å². The Hall–Kier alpha value is -3.39. The topological polar surface area (TPSA) is 75.1 Å². The van der Waals surface area contributed by atoms with Gasteiger partial charge >= 0.3 is 6.09 Å². The molecule has 4 rings (SSSR count). The van der Waals surface area contributed by atoms with Crippen molar-refractivity contribution in [1.82, 2.24) is 14.7 Å². The van der Waals surface area contributed by atoms with E-state index in [-0.39, 0.29) is 6.09 Å². The first kappa shape index (κ1) is 26.7. The lowest BCUT2D eigenvalue weighted by Gasteiger charge is -2.26. The molecule has 8 nitrogen and oxygen atoms in total. The van der Waals surface area contributed by atoms with Crippen LogP contribution >= 0.6 is 11.6 Å². The lowest BCUT2D eigenvalue weighted by atomic mass is 10.0. The summed E-state index contributed by atoms with van der Waals surface area (Å²) in [6, 6.07) is 11.6. The molecule has 37 heavy (non-hydrogen) atoms. The van der Waals surface area contributed by atoms with Gasteiger partial charge in [0.1, 0.15) is 5.60 Å². The van der Waals surface area contributed by atoms with E-state index in [1.54, 1.807) is 26.2 Å². The largest absolute Gasteiger partial charge is 0.493 e. The number of aromatic nitrogens is 2. The summed E-state index contributed by atoms with van der Waals surface area (Å²) in [5, 5.41) is 5.69. The van der Waals surface area contributed by atoms with Crippen LogP contribution < -0.4 is 14.2 Å². The lowest BCUT2D eigenvalue weighted by Crippen LogP contribution is -2.38. The summed E-state index contributed by atoms with van der Waals surface area (Å²) in [5.74, 6) is 1.73. The van der Waals surface area contributed by atoms with E-state index in [2.05, 4.69) is 0 Å². The van der Waals surface area contributed by atoms with E-state index >= 15 is 0 Å². The third-order valence-corrected chi connectivity index (χ3v) is 6.46. The third kappa shape index (κ3) is 5.96. The van der Waals surface area contributed by atoms with Crippen molar-refractivity contribution < 1.29 is 23.7 Å². The van der Waals surface area contributed by atoms with Crippen molar-refractivity contribution in [2.45, 2.75) is 45.8 Å². The minimum atomic E-state index is -0.540. The van der Waals surface area contributed by atoms with Crippen LogP contribution in [0.1, 0.15) is 37.6 Å². The van der Waals surface area contributed by atoms with Crippen LogP contribution in [-0.4, -0.2) is 60.8 Å². The molecule has 1 aromatic heterocycles. The SMILES string of the molecule is COc1cc(Cn2nc3c(c2-c2ccc(Cl)cc2)CCN(C(=O)OC(C)(C)C)CC3)cc(OC)c1OC. The second-order valence-corrected chi connectivity index (χ2v) is 10.4. The number of nitrogens with zero attached hydrogens (tertiary/aromatic N) is 3. The number of carbonyl (C=O) groups excluding carboxylic acids is 1. The van der Waals surface area contributed by atoms with Gasteiger partial charge < -0.3 is 23.8 Å². The molecule has 1 aliphatic rings. The molecule has 198 valence electrons. The highest BCUT2D eigenvalue weighted by molar-refractivity contribution is 6.30. The van der Waals surface area contributed by atoms with Gasteiger partial charge in [-0.15, -0.1) is 0 Å². The number of fused-ring (bicyclic) bond motifs is 1. The number of hydrogen-bond acceptors (Lipinski definition) is 6. The summed E-state index contributed by atoms with van der Waals surface area (Å²) in [5.41, 5.74) is 4.53. The summed E-state index contributed by atoms with van der Waals surface area (Å²) in [4.78, 5) is 14.5. The Morgan fingerprint density at radius 1 is 0.973 bits per heavy atom. The minimum Gasteiger partial charge on any atom is -0.493 e. The Balaban J connectivity index is 1.72. The van der Waals surface area contributed by atoms with Gasteiger partial charge in [-0.2, -0.15) is 5.10 Å². The van der Waals surface area contributed by atoms with E-state index in [4.69, 9.17) is 35.6 Å². The van der Waals surface area contributed by atoms with Crippen LogP contribution in [0.5, 0.6) is 17.2 Å². The fourth-order valence-electron chi connectivity index (χ4n) is 4.57. The summed E-state index contributed by atoms with van der Waals surface area (Å²) in [6.45, 7) is 7.23. The number of ether oxygens (including phenoxy) is 4. The molecule has 1 aliphatic heterocycles. The number of hydrogen-bond donors (Lipinski definition) is 0. The standard InChI is InChI=1S/C28H34ClN3O5/c1-28(2,3)37-27(33)31-13-11-21-22(12-14-31)30-32(25(21)19-7-9-20(29)10-8-19)17-18-15-23(34-4)26(36-6)24(16-18)35-5/h7-10,15-16H,11-14,17H2,1-6H3. The van der Waals surface area contributed by atoms with Crippen molar-refractivity contribution >= 4 is 17.7 Å². The van der Waals surface area contributed by atoms with Crippen LogP contribution in [0.25, 0.3) is 11.3 Å². The number of methoxy groups -OCH3 is 3. The average molecular weight is 528 g/mol. The molecule has 2 heterocycles. The Kier molecular flexibility index (Phi) is 7.87. The van der Waals surface area contributed by atoms with Crippen LogP contribution in [0.2, 0.25) is 5.02 Å². The molecular formula is C28H34ClN3O5. The Labute approximate surface area is 223 Å². The maximum absolute atomic E-state index is 12.7. The number of amides is 1. The van der Waals surface area contributed by atoms with E-state index in [1.807, 2.05) is 61.9 Å². The maximum atomic E-state index is 12.7. The minimum absolute atomic E-state index is 0.295. The van der Waals surface area contributed by atoms with Gasteiger partial charge in [0.05, 0.1) is 39.3 Å². The first-order chi connectivity index (χ1) is 17.6. The number of benzene rings is 2. The van der Waals surface area contributed by atoms with Crippen molar-refractivity contribution in [3.8, 4) is 28.5 Å². The summed E-state index contributed by atoms with van der Waals surface area (Å²) < 4.78 is 24.2. The molecule has 0 N–H and O–H groups in total. The van der Waals surface area contributed by atoms with Gasteiger partial charge in [0.15, 0.2) is 11.5 Å². The van der Waals surface area contributed by atoms with Crippen molar-refractivity contribution in [1.29, 1.82) is 0 Å². The molecule has 0 aliphatic carbocycles. The highest BCUT2D eigenvalue weighted by atomic mass is 35.5. The number of rotatable bonds is 6. The monoisotopic (exact) mass is 527 g/mol. The fraction of sp³-hybridized carbons (Fsp3) is 0.429. The summed E-state index contributed by atoms with van der Waals surface area (Å²) in [7, 11) is 4.79. The zero-order chi connectivity index (χ0) is 26.7. The van der Waals surface area contributed by atoms with Gasteiger partial charge in [-0.1, -0.05) is 23.7 Å². The van der Waals surface area contributed by atoms with Crippen LogP contribution in [0.4, 0.5) is 4.79 Å². The normalized spacial score (nSPS) is 13.5. The number of halogens is 1. The van der Waals surface area contributed by atoms with Gasteiger partial charge in [0.2, 0.25) is 5.75 Å². The maximum Gasteiger partial charge on any atom is 0.410 e. The van der Waals surface area contributed by atoms with Gasteiger partial charge in [0, 0.05) is 35.7 Å². The molecule has 1 amide bonds. The molecule has 0 bridgehead atoms. The first-order valence-corrected chi connectivity index (χ1v) is 12.6. The van der Waals surface area contributed by atoms with Gasteiger partial charge in [-0.05, 0) is 57.0 Å². The van der Waals surface area contributed by atoms with Crippen molar-refractivity contribution in [3.63, 3.8) is 0 Å². The molecule has 3 aromatic rings. The molecule has 0 fully saturated rings. The van der Waals surface area contributed by atoms with Crippen LogP contribution in [-0.2, 0) is 24.1 Å². The van der Waals surface area contributed by atoms with E-state index in [1.165, 1.54) is 0 Å². The van der Waals surface area contributed by atoms with Crippen LogP contribution in [0, 0.1) is 0 Å². The van der Waals surface area contributed by atoms with Crippen molar-refractivity contribution in [2.75, 3.05) is 34.4 Å². The van der Waals surface area contributed by atoms with Crippen LogP contribution in [0.15, 0.2) is 36.4 Å². The summed E-state index contributed by atoms with van der Waals surface area (Å²) >= 11 is 6.19. The molecule has 0 unspecified atom stereocenters. The van der Waals surface area contributed by atoms with E-state index in [0.717, 1.165) is 28.1 Å².